The maximum absolute atomic E-state index is 12.7. The van der Waals surface area contributed by atoms with Crippen LogP contribution in [-0.4, -0.2) is 26.3 Å². The molecule has 1 amide bonds. The van der Waals surface area contributed by atoms with Crippen LogP contribution >= 0.6 is 0 Å². The molecular formula is C25H26N2O4S. The average Bonchev–Trinajstić information content (AvgIpc) is 2.80. The second kappa shape index (κ2) is 10.3. The molecule has 6 nitrogen and oxygen atoms in total. The Kier molecular flexibility index (Phi) is 7.45. The number of benzene rings is 3. The molecule has 0 heterocycles. The van der Waals surface area contributed by atoms with E-state index in [-0.39, 0.29) is 16.8 Å². The molecule has 0 fully saturated rings. The smallest absolute Gasteiger partial charge is 0.246 e. The average molecular weight is 451 g/mol. The van der Waals surface area contributed by atoms with Crippen LogP contribution in [0.5, 0.6) is 5.75 Å². The zero-order valence-corrected chi connectivity index (χ0v) is 18.8. The molecule has 0 saturated heterocycles. The number of amides is 1. The highest BCUT2D eigenvalue weighted by Crippen LogP contribution is 2.22. The summed E-state index contributed by atoms with van der Waals surface area (Å²) in [5, 5.41) is 5.21. The highest BCUT2D eigenvalue weighted by molar-refractivity contribution is 7.89. The van der Waals surface area contributed by atoms with Gasteiger partial charge >= 0.3 is 0 Å². The molecule has 0 spiro atoms. The van der Waals surface area contributed by atoms with Gasteiger partial charge in [0.05, 0.1) is 10.9 Å². The summed E-state index contributed by atoms with van der Waals surface area (Å²) in [6.45, 7) is 2.29. The van der Waals surface area contributed by atoms with Crippen LogP contribution in [0.25, 0.3) is 6.08 Å². The lowest BCUT2D eigenvalue weighted by Crippen LogP contribution is -2.28. The van der Waals surface area contributed by atoms with Crippen LogP contribution in [0, 0.1) is 0 Å². The van der Waals surface area contributed by atoms with Gasteiger partial charge in [-0.3, -0.25) is 4.79 Å². The van der Waals surface area contributed by atoms with Crippen molar-refractivity contribution < 1.29 is 17.9 Å². The molecule has 2 N–H and O–H groups in total. The Labute approximate surface area is 189 Å². The number of sulfonamides is 1. The van der Waals surface area contributed by atoms with Gasteiger partial charge in [0, 0.05) is 13.1 Å². The van der Waals surface area contributed by atoms with Gasteiger partial charge in [-0.15, -0.1) is 0 Å². The Bertz CT molecular complexity index is 1210. The molecule has 0 aliphatic carbocycles. The first-order valence-corrected chi connectivity index (χ1v) is 11.6. The Balaban J connectivity index is 1.65. The first-order valence-electron chi connectivity index (χ1n) is 10.1. The molecule has 1 atom stereocenters. The number of likely N-dealkylation sites (N-methyl/N-ethyl adjacent to an activating group) is 1. The van der Waals surface area contributed by atoms with Gasteiger partial charge in [-0.2, -0.15) is 0 Å². The number of carbonyl (C=O) groups excluding carboxylic acids is 1. The number of hydrogen-bond donors (Lipinski definition) is 1. The van der Waals surface area contributed by atoms with Crippen LogP contribution in [0.15, 0.2) is 89.8 Å². The fraction of sp³-hybridized carbons (Fsp3) is 0.160. The molecule has 3 aromatic rings. The van der Waals surface area contributed by atoms with E-state index in [4.69, 9.17) is 9.88 Å². The van der Waals surface area contributed by atoms with Gasteiger partial charge in [-0.1, -0.05) is 54.6 Å². The molecule has 1 unspecified atom stereocenters. The van der Waals surface area contributed by atoms with E-state index in [0.29, 0.717) is 17.9 Å². The van der Waals surface area contributed by atoms with Crippen LogP contribution in [0.1, 0.15) is 29.7 Å². The van der Waals surface area contributed by atoms with Gasteiger partial charge in [-0.05, 0) is 54.0 Å². The third kappa shape index (κ3) is 6.29. The monoisotopic (exact) mass is 450 g/mol. The van der Waals surface area contributed by atoms with Gasteiger partial charge in [-0.25, -0.2) is 13.6 Å². The fourth-order valence-corrected chi connectivity index (χ4v) is 3.67. The van der Waals surface area contributed by atoms with Gasteiger partial charge in [0.25, 0.3) is 0 Å². The maximum Gasteiger partial charge on any atom is 0.246 e. The number of ether oxygens (including phenoxy) is 1. The Hall–Kier alpha value is -3.42. The third-order valence-electron chi connectivity index (χ3n) is 5.12. The quantitative estimate of drug-likeness (QED) is 0.522. The van der Waals surface area contributed by atoms with Crippen LogP contribution in [-0.2, 0) is 21.4 Å². The van der Waals surface area contributed by atoms with Crippen LogP contribution < -0.4 is 9.88 Å². The molecule has 0 aromatic heterocycles. The van der Waals surface area contributed by atoms with Crippen molar-refractivity contribution in [1.29, 1.82) is 0 Å². The standard InChI is InChI=1S/C25H26N2O4S/c1-19(22-11-7-13-24(17-22)32(26,29)30)27(2)25(28)15-14-20-10-6-12-23(16-20)31-18-21-8-4-3-5-9-21/h3-17,19H,18H2,1-2H3,(H2,26,29,30)/b15-14+. The zero-order chi connectivity index (χ0) is 23.1. The largest absolute Gasteiger partial charge is 0.489 e. The summed E-state index contributed by atoms with van der Waals surface area (Å²) in [4.78, 5) is 14.2. The van der Waals surface area contributed by atoms with E-state index in [2.05, 4.69) is 0 Å². The van der Waals surface area contributed by atoms with Crippen molar-refractivity contribution in [2.24, 2.45) is 5.14 Å². The molecule has 0 saturated carbocycles. The van der Waals surface area contributed by atoms with Gasteiger partial charge < -0.3 is 9.64 Å². The summed E-state index contributed by atoms with van der Waals surface area (Å²) >= 11 is 0. The number of nitrogens with zero attached hydrogens (tertiary/aromatic N) is 1. The maximum atomic E-state index is 12.7. The highest BCUT2D eigenvalue weighted by atomic mass is 32.2. The van der Waals surface area contributed by atoms with Crippen molar-refractivity contribution in [3.8, 4) is 5.75 Å². The zero-order valence-electron chi connectivity index (χ0n) is 18.0. The molecule has 32 heavy (non-hydrogen) atoms. The Morgan fingerprint density at radius 3 is 2.47 bits per heavy atom. The van der Waals surface area contributed by atoms with Crippen LogP contribution in [0.4, 0.5) is 0 Å². The molecule has 0 aliphatic rings. The topological polar surface area (TPSA) is 89.7 Å². The second-order valence-electron chi connectivity index (χ2n) is 7.42. The number of rotatable bonds is 8. The summed E-state index contributed by atoms with van der Waals surface area (Å²) in [5.74, 6) is 0.499. The first-order chi connectivity index (χ1) is 15.2. The van der Waals surface area contributed by atoms with Crippen molar-refractivity contribution in [3.05, 3.63) is 102 Å². The predicted octanol–water partition coefficient (Wildman–Crippen LogP) is 4.15. The van der Waals surface area contributed by atoms with Gasteiger partial charge in [0.15, 0.2) is 0 Å². The van der Waals surface area contributed by atoms with Gasteiger partial charge in [0.2, 0.25) is 15.9 Å². The first kappa shape index (κ1) is 23.2. The molecule has 7 heteroatoms. The summed E-state index contributed by atoms with van der Waals surface area (Å²) in [6, 6.07) is 23.3. The molecule has 3 aromatic carbocycles. The molecular weight excluding hydrogens is 424 g/mol. The minimum atomic E-state index is -3.81. The van der Waals surface area contributed by atoms with Crippen LogP contribution in [0.3, 0.4) is 0 Å². The normalized spacial score (nSPS) is 12.5. The van der Waals surface area contributed by atoms with Crippen molar-refractivity contribution in [2.75, 3.05) is 7.05 Å². The lowest BCUT2D eigenvalue weighted by Gasteiger charge is -2.24. The van der Waals surface area contributed by atoms with E-state index in [1.165, 1.54) is 23.1 Å². The van der Waals surface area contributed by atoms with Crippen molar-refractivity contribution in [1.82, 2.24) is 4.90 Å². The Morgan fingerprint density at radius 1 is 1.03 bits per heavy atom. The second-order valence-corrected chi connectivity index (χ2v) is 8.98. The van der Waals surface area contributed by atoms with Crippen molar-refractivity contribution in [2.45, 2.75) is 24.5 Å². The third-order valence-corrected chi connectivity index (χ3v) is 6.03. The summed E-state index contributed by atoms with van der Waals surface area (Å²) in [7, 11) is -2.14. The van der Waals surface area contributed by atoms with E-state index >= 15 is 0 Å². The highest BCUT2D eigenvalue weighted by Gasteiger charge is 2.17. The number of carbonyl (C=O) groups is 1. The van der Waals surface area contributed by atoms with E-state index in [0.717, 1.165) is 11.1 Å². The molecule has 0 aliphatic heterocycles. The number of primary sulfonamides is 1. The summed E-state index contributed by atoms with van der Waals surface area (Å²) < 4.78 is 29.0. The minimum Gasteiger partial charge on any atom is -0.489 e. The summed E-state index contributed by atoms with van der Waals surface area (Å²) in [6.07, 6.45) is 3.21. The van der Waals surface area contributed by atoms with Gasteiger partial charge in [0.1, 0.15) is 12.4 Å². The molecule has 166 valence electrons. The van der Waals surface area contributed by atoms with E-state index in [9.17, 15) is 13.2 Å². The minimum absolute atomic E-state index is 0.0190. The SMILES string of the molecule is CC(c1cccc(S(N)(=O)=O)c1)N(C)C(=O)/C=C/c1cccc(OCc2ccccc2)c1. The van der Waals surface area contributed by atoms with Crippen LogP contribution in [0.2, 0.25) is 0 Å². The number of nitrogens with two attached hydrogens (primary N) is 1. The lowest BCUT2D eigenvalue weighted by atomic mass is 10.1. The molecule has 0 bridgehead atoms. The van der Waals surface area contributed by atoms with E-state index < -0.39 is 10.0 Å². The number of hydrogen-bond acceptors (Lipinski definition) is 4. The predicted molar refractivity (Wildman–Crippen MR) is 125 cm³/mol. The molecule has 3 rings (SSSR count). The molecule has 0 radical (unpaired) electrons. The van der Waals surface area contributed by atoms with E-state index in [1.807, 2.05) is 61.5 Å². The lowest BCUT2D eigenvalue weighted by molar-refractivity contribution is -0.126. The Morgan fingerprint density at radius 2 is 1.75 bits per heavy atom. The van der Waals surface area contributed by atoms with E-state index in [1.54, 1.807) is 25.3 Å². The fourth-order valence-electron chi connectivity index (χ4n) is 3.10. The summed E-state index contributed by atoms with van der Waals surface area (Å²) in [5.41, 5.74) is 2.59. The van der Waals surface area contributed by atoms with Crippen molar-refractivity contribution in [3.63, 3.8) is 0 Å². The van der Waals surface area contributed by atoms with Crippen molar-refractivity contribution >= 4 is 22.0 Å².